The molecule has 0 fully saturated rings. The summed E-state index contributed by atoms with van der Waals surface area (Å²) in [7, 11) is 0. The Morgan fingerprint density at radius 3 is 2.13 bits per heavy atom. The third kappa shape index (κ3) is 4.72. The van der Waals surface area contributed by atoms with Gasteiger partial charge in [-0.15, -0.1) is 11.3 Å². The second-order valence-corrected chi connectivity index (χ2v) is 10.2. The number of carbonyl (C=O) groups is 1. The number of amides is 1. The summed E-state index contributed by atoms with van der Waals surface area (Å²) in [6.45, 7) is 4.18. The maximum absolute atomic E-state index is 13.5. The highest BCUT2D eigenvalue weighted by molar-refractivity contribution is 7.14. The van der Waals surface area contributed by atoms with Crippen LogP contribution in [0.3, 0.4) is 0 Å². The number of benzene rings is 4. The number of hydrogen-bond donors (Lipinski definition) is 1. The lowest BCUT2D eigenvalue weighted by molar-refractivity contribution is 0.102. The normalized spacial score (nSPS) is 11.0. The third-order valence-corrected chi connectivity index (χ3v) is 7.53. The Hall–Kier alpha value is -4.61. The maximum Gasteiger partial charge on any atom is 0.258 e. The van der Waals surface area contributed by atoms with Gasteiger partial charge < -0.3 is 0 Å². The molecule has 0 saturated carbocycles. The van der Waals surface area contributed by atoms with E-state index in [9.17, 15) is 4.79 Å². The van der Waals surface area contributed by atoms with Gasteiger partial charge in [0.05, 0.1) is 22.5 Å². The van der Waals surface area contributed by atoms with Crippen LogP contribution in [-0.2, 0) is 0 Å². The quantitative estimate of drug-likeness (QED) is 0.252. The molecule has 6 rings (SSSR count). The van der Waals surface area contributed by atoms with E-state index in [4.69, 9.17) is 9.97 Å². The molecule has 4 aromatic carbocycles. The third-order valence-electron chi connectivity index (χ3n) is 6.78. The molecule has 0 radical (unpaired) electrons. The van der Waals surface area contributed by atoms with E-state index in [1.807, 2.05) is 53.9 Å². The Kier molecular flexibility index (Phi) is 6.28. The average Bonchev–Trinajstić information content (AvgIpc) is 3.43. The first kappa shape index (κ1) is 23.8. The maximum atomic E-state index is 13.5. The van der Waals surface area contributed by atoms with Gasteiger partial charge in [-0.25, -0.2) is 9.97 Å². The molecule has 2 heterocycles. The van der Waals surface area contributed by atoms with Crippen molar-refractivity contribution in [2.75, 3.05) is 5.32 Å². The largest absolute Gasteiger partial charge is 0.298 e. The molecule has 2 aromatic heterocycles. The van der Waals surface area contributed by atoms with Crippen LogP contribution in [0.2, 0.25) is 0 Å². The molecule has 1 amide bonds. The van der Waals surface area contributed by atoms with Crippen LogP contribution in [0.5, 0.6) is 0 Å². The topological polar surface area (TPSA) is 54.9 Å². The fourth-order valence-corrected chi connectivity index (χ4v) is 5.22. The van der Waals surface area contributed by atoms with E-state index < -0.39 is 0 Å². The Bertz CT molecular complexity index is 1770. The van der Waals surface area contributed by atoms with E-state index in [2.05, 4.69) is 73.8 Å². The molecule has 0 aliphatic rings. The number of pyridine rings is 1. The predicted octanol–water partition coefficient (Wildman–Crippen LogP) is 8.56. The van der Waals surface area contributed by atoms with Gasteiger partial charge in [-0.2, -0.15) is 0 Å². The first-order valence-electron chi connectivity index (χ1n) is 12.5. The number of aromatic nitrogens is 2. The van der Waals surface area contributed by atoms with Gasteiger partial charge in [0.15, 0.2) is 5.13 Å². The molecule has 184 valence electrons. The number of fused-ring (bicyclic) bond motifs is 1. The first-order valence-corrected chi connectivity index (χ1v) is 13.3. The Balaban J connectivity index is 1.28. The SMILES string of the molecule is Cc1ccc(-c2cc(C(=O)Nc3nc(-c4ccc(-c5ccccc5)cc4)cs3)c3ccccc3n2)cc1C. The molecular formula is C33H25N3OS. The van der Waals surface area contributed by atoms with Crippen LogP contribution in [0.4, 0.5) is 5.13 Å². The van der Waals surface area contributed by atoms with Crippen molar-refractivity contribution in [3.05, 3.63) is 125 Å². The Labute approximate surface area is 225 Å². The van der Waals surface area contributed by atoms with Crippen molar-refractivity contribution in [3.63, 3.8) is 0 Å². The molecule has 0 aliphatic carbocycles. The molecule has 0 unspecified atom stereocenters. The van der Waals surface area contributed by atoms with E-state index in [0.29, 0.717) is 10.7 Å². The number of para-hydroxylation sites is 1. The predicted molar refractivity (Wildman–Crippen MR) is 158 cm³/mol. The molecule has 0 spiro atoms. The summed E-state index contributed by atoms with van der Waals surface area (Å²) < 4.78 is 0. The second kappa shape index (κ2) is 10.0. The molecular weight excluding hydrogens is 486 g/mol. The van der Waals surface area contributed by atoms with Crippen LogP contribution in [0.1, 0.15) is 21.5 Å². The molecule has 0 bridgehead atoms. The van der Waals surface area contributed by atoms with Gasteiger partial charge in [0.2, 0.25) is 0 Å². The molecule has 0 aliphatic heterocycles. The van der Waals surface area contributed by atoms with Crippen LogP contribution in [0.15, 0.2) is 109 Å². The van der Waals surface area contributed by atoms with Crippen molar-refractivity contribution >= 4 is 33.3 Å². The lowest BCUT2D eigenvalue weighted by Crippen LogP contribution is -2.13. The fourth-order valence-electron chi connectivity index (χ4n) is 4.50. The number of carbonyl (C=O) groups excluding carboxylic acids is 1. The highest BCUT2D eigenvalue weighted by Crippen LogP contribution is 2.30. The van der Waals surface area contributed by atoms with Gasteiger partial charge in [-0.1, -0.05) is 84.9 Å². The number of nitrogens with one attached hydrogen (secondary N) is 1. The lowest BCUT2D eigenvalue weighted by atomic mass is 10.0. The fraction of sp³-hybridized carbons (Fsp3) is 0.0606. The lowest BCUT2D eigenvalue weighted by Gasteiger charge is -2.11. The average molecular weight is 512 g/mol. The summed E-state index contributed by atoms with van der Waals surface area (Å²) in [4.78, 5) is 23.1. The monoisotopic (exact) mass is 511 g/mol. The summed E-state index contributed by atoms with van der Waals surface area (Å²) in [5, 5.41) is 6.36. The van der Waals surface area contributed by atoms with Gasteiger partial charge in [-0.3, -0.25) is 10.1 Å². The van der Waals surface area contributed by atoms with Gasteiger partial charge in [0.25, 0.3) is 5.91 Å². The van der Waals surface area contributed by atoms with Crippen LogP contribution in [-0.4, -0.2) is 15.9 Å². The van der Waals surface area contributed by atoms with E-state index in [1.165, 1.54) is 28.0 Å². The van der Waals surface area contributed by atoms with Gasteiger partial charge >= 0.3 is 0 Å². The van der Waals surface area contributed by atoms with Crippen LogP contribution in [0, 0.1) is 13.8 Å². The Morgan fingerprint density at radius 2 is 1.34 bits per heavy atom. The highest BCUT2D eigenvalue weighted by atomic mass is 32.1. The van der Waals surface area contributed by atoms with Crippen molar-refractivity contribution in [2.45, 2.75) is 13.8 Å². The first-order chi connectivity index (χ1) is 18.5. The van der Waals surface area contributed by atoms with E-state index in [1.54, 1.807) is 0 Å². The van der Waals surface area contributed by atoms with Crippen LogP contribution in [0.25, 0.3) is 44.5 Å². The van der Waals surface area contributed by atoms with E-state index in [-0.39, 0.29) is 5.91 Å². The number of anilines is 1. The minimum Gasteiger partial charge on any atom is -0.298 e. The highest BCUT2D eigenvalue weighted by Gasteiger charge is 2.16. The van der Waals surface area contributed by atoms with E-state index in [0.717, 1.165) is 39.0 Å². The number of hydrogen-bond acceptors (Lipinski definition) is 4. The summed E-state index contributed by atoms with van der Waals surface area (Å²) in [6.07, 6.45) is 0. The van der Waals surface area contributed by atoms with Crippen molar-refractivity contribution < 1.29 is 4.79 Å². The molecule has 1 N–H and O–H groups in total. The van der Waals surface area contributed by atoms with Gasteiger partial charge in [0.1, 0.15) is 0 Å². The molecule has 38 heavy (non-hydrogen) atoms. The zero-order valence-electron chi connectivity index (χ0n) is 21.1. The minimum atomic E-state index is -0.200. The smallest absolute Gasteiger partial charge is 0.258 e. The second-order valence-electron chi connectivity index (χ2n) is 9.31. The number of thiazole rings is 1. The zero-order chi connectivity index (χ0) is 26.1. The van der Waals surface area contributed by atoms with Gasteiger partial charge in [0, 0.05) is 21.9 Å². The minimum absolute atomic E-state index is 0.200. The standard InChI is InChI=1S/C33H25N3OS/c1-21-12-13-26(18-22(21)2)30-19-28(27-10-6-7-11-29(27)34-30)32(37)36-33-35-31(20-38-33)25-16-14-24(15-17-25)23-8-4-3-5-9-23/h3-20H,1-2H3,(H,35,36,37). The number of rotatable bonds is 5. The molecule has 0 atom stereocenters. The van der Waals surface area contributed by atoms with Crippen LogP contribution < -0.4 is 5.32 Å². The molecule has 0 saturated heterocycles. The van der Waals surface area contributed by atoms with Crippen molar-refractivity contribution in [1.29, 1.82) is 0 Å². The van der Waals surface area contributed by atoms with Gasteiger partial charge in [-0.05, 0) is 54.3 Å². The van der Waals surface area contributed by atoms with Crippen molar-refractivity contribution in [2.24, 2.45) is 0 Å². The molecule has 6 aromatic rings. The summed E-state index contributed by atoms with van der Waals surface area (Å²) in [6, 6.07) is 34.5. The van der Waals surface area contributed by atoms with E-state index >= 15 is 0 Å². The summed E-state index contributed by atoms with van der Waals surface area (Å²) in [5.41, 5.74) is 9.71. The Morgan fingerprint density at radius 1 is 0.658 bits per heavy atom. The van der Waals surface area contributed by atoms with Crippen molar-refractivity contribution in [3.8, 4) is 33.6 Å². The summed E-state index contributed by atoms with van der Waals surface area (Å²) >= 11 is 1.42. The number of nitrogens with zero attached hydrogens (tertiary/aromatic N) is 2. The zero-order valence-corrected chi connectivity index (χ0v) is 21.9. The summed E-state index contributed by atoms with van der Waals surface area (Å²) in [5.74, 6) is -0.200. The number of aryl methyl sites for hydroxylation is 2. The van der Waals surface area contributed by atoms with Crippen molar-refractivity contribution in [1.82, 2.24) is 9.97 Å². The molecule has 5 heteroatoms. The molecule has 4 nitrogen and oxygen atoms in total. The van der Waals surface area contributed by atoms with Crippen LogP contribution >= 0.6 is 11.3 Å².